The van der Waals surface area contributed by atoms with Crippen LogP contribution in [0.3, 0.4) is 0 Å². The normalized spacial score (nSPS) is 10.8. The smallest absolute Gasteiger partial charge is 0.243 e. The van der Waals surface area contributed by atoms with Crippen molar-refractivity contribution in [3.63, 3.8) is 0 Å². The predicted octanol–water partition coefficient (Wildman–Crippen LogP) is 4.31. The summed E-state index contributed by atoms with van der Waals surface area (Å²) in [5, 5.41) is 0. The largest absolute Gasteiger partial charge is 0.286 e. The van der Waals surface area contributed by atoms with Crippen LogP contribution in [0.25, 0.3) is 11.4 Å². The third-order valence-electron chi connectivity index (χ3n) is 3.13. The fourth-order valence-corrected chi connectivity index (χ4v) is 2.38. The van der Waals surface area contributed by atoms with Gasteiger partial charge in [0, 0.05) is 4.47 Å². The van der Waals surface area contributed by atoms with E-state index >= 15 is 0 Å². The maximum atomic E-state index is 3.47. The molecule has 1 heterocycles. The molecule has 0 saturated carbocycles. The molecule has 0 saturated heterocycles. The Kier molecular flexibility index (Phi) is 5.00. The second-order valence-corrected chi connectivity index (χ2v) is 5.49. The quantitative estimate of drug-likeness (QED) is 0.606. The summed E-state index contributed by atoms with van der Waals surface area (Å²) in [6, 6.07) is 8.44. The van der Waals surface area contributed by atoms with Gasteiger partial charge in [-0.2, -0.15) is 0 Å². The molecule has 0 unspecified atom stereocenters. The molecule has 0 atom stereocenters. The first-order valence-corrected chi connectivity index (χ1v) is 7.43. The number of nitrogens with one attached hydrogen (secondary N) is 1. The third-order valence-corrected chi connectivity index (χ3v) is 3.66. The standard InChI is InChI=1S/C15H19BrN2/c1-2-3-4-5-11-18-12-10-17-15(18)13-6-8-14(16)9-7-13/h6-10,12H,2-5,11H2,1H3/p+1. The van der Waals surface area contributed by atoms with Gasteiger partial charge in [-0.15, -0.1) is 0 Å². The summed E-state index contributed by atoms with van der Waals surface area (Å²) in [7, 11) is 0. The molecule has 1 aromatic heterocycles. The number of aromatic amines is 1. The van der Waals surface area contributed by atoms with Gasteiger partial charge in [-0.3, -0.25) is 0 Å². The van der Waals surface area contributed by atoms with E-state index in [1.165, 1.54) is 37.1 Å². The average molecular weight is 308 g/mol. The molecule has 0 aliphatic rings. The molecule has 0 bridgehead atoms. The minimum Gasteiger partial charge on any atom is -0.243 e. The number of hydrogen-bond acceptors (Lipinski definition) is 0. The van der Waals surface area contributed by atoms with Crippen molar-refractivity contribution < 1.29 is 4.57 Å². The van der Waals surface area contributed by atoms with Gasteiger partial charge in [-0.05, 0) is 37.1 Å². The number of unbranched alkanes of at least 4 members (excludes halogenated alkanes) is 3. The number of hydrogen-bond donors (Lipinski definition) is 1. The second kappa shape index (κ2) is 6.74. The van der Waals surface area contributed by atoms with E-state index in [9.17, 15) is 0 Å². The van der Waals surface area contributed by atoms with Crippen molar-refractivity contribution in [3.05, 3.63) is 41.1 Å². The van der Waals surface area contributed by atoms with Crippen LogP contribution in [0.1, 0.15) is 32.6 Å². The highest BCUT2D eigenvalue weighted by Gasteiger charge is 2.12. The highest BCUT2D eigenvalue weighted by atomic mass is 79.9. The fourth-order valence-electron chi connectivity index (χ4n) is 2.12. The Bertz CT molecular complexity index is 473. The zero-order chi connectivity index (χ0) is 12.8. The third kappa shape index (κ3) is 3.45. The molecule has 0 spiro atoms. The molecule has 96 valence electrons. The number of imidazole rings is 1. The van der Waals surface area contributed by atoms with Crippen LogP contribution in [-0.2, 0) is 6.54 Å². The summed E-state index contributed by atoms with van der Waals surface area (Å²) in [4.78, 5) is 3.33. The van der Waals surface area contributed by atoms with E-state index in [0.29, 0.717) is 0 Å². The van der Waals surface area contributed by atoms with E-state index < -0.39 is 0 Å². The lowest BCUT2D eigenvalue weighted by molar-refractivity contribution is -0.685. The Morgan fingerprint density at radius 2 is 1.89 bits per heavy atom. The van der Waals surface area contributed by atoms with Crippen molar-refractivity contribution >= 4 is 15.9 Å². The monoisotopic (exact) mass is 307 g/mol. The molecule has 2 rings (SSSR count). The summed E-state index contributed by atoms with van der Waals surface area (Å²) < 4.78 is 3.42. The maximum Gasteiger partial charge on any atom is 0.286 e. The van der Waals surface area contributed by atoms with Crippen LogP contribution in [0.2, 0.25) is 0 Å². The van der Waals surface area contributed by atoms with Crippen molar-refractivity contribution in [1.29, 1.82) is 0 Å². The van der Waals surface area contributed by atoms with E-state index in [-0.39, 0.29) is 0 Å². The first-order valence-electron chi connectivity index (χ1n) is 6.64. The molecule has 1 N–H and O–H groups in total. The minimum atomic E-state index is 1.09. The lowest BCUT2D eigenvalue weighted by atomic mass is 10.2. The van der Waals surface area contributed by atoms with E-state index in [1.807, 2.05) is 6.20 Å². The number of benzene rings is 1. The summed E-state index contributed by atoms with van der Waals surface area (Å²) in [5.41, 5.74) is 1.23. The number of rotatable bonds is 6. The lowest BCUT2D eigenvalue weighted by Crippen LogP contribution is -2.33. The molecular formula is C15H20BrN2+. The molecule has 2 nitrogen and oxygen atoms in total. The number of halogens is 1. The van der Waals surface area contributed by atoms with Gasteiger partial charge in [0.1, 0.15) is 12.4 Å². The van der Waals surface area contributed by atoms with Crippen LogP contribution >= 0.6 is 15.9 Å². The van der Waals surface area contributed by atoms with E-state index in [4.69, 9.17) is 0 Å². The average Bonchev–Trinajstić information content (AvgIpc) is 2.84. The van der Waals surface area contributed by atoms with Gasteiger partial charge in [0.15, 0.2) is 0 Å². The highest BCUT2D eigenvalue weighted by molar-refractivity contribution is 9.10. The van der Waals surface area contributed by atoms with Gasteiger partial charge in [0.2, 0.25) is 0 Å². The van der Waals surface area contributed by atoms with Gasteiger partial charge in [-0.1, -0.05) is 35.7 Å². The lowest BCUT2D eigenvalue weighted by Gasteiger charge is -2.01. The van der Waals surface area contributed by atoms with Crippen LogP contribution in [0.15, 0.2) is 41.1 Å². The van der Waals surface area contributed by atoms with E-state index in [1.54, 1.807) is 0 Å². The van der Waals surface area contributed by atoms with E-state index in [2.05, 4.69) is 62.9 Å². The molecular weight excluding hydrogens is 288 g/mol. The number of aromatic nitrogens is 2. The van der Waals surface area contributed by atoms with Crippen molar-refractivity contribution in [2.24, 2.45) is 0 Å². The summed E-state index contributed by atoms with van der Waals surface area (Å²) >= 11 is 3.47. The number of aryl methyl sites for hydroxylation is 1. The Labute approximate surface area is 117 Å². The van der Waals surface area contributed by atoms with Crippen molar-refractivity contribution in [2.45, 2.75) is 39.2 Å². The zero-order valence-corrected chi connectivity index (χ0v) is 12.4. The Balaban J connectivity index is 2.05. The van der Waals surface area contributed by atoms with Crippen LogP contribution < -0.4 is 4.57 Å². The molecule has 0 fully saturated rings. The zero-order valence-electron chi connectivity index (χ0n) is 10.8. The summed E-state index contributed by atoms with van der Waals surface area (Å²) in [5.74, 6) is 1.19. The van der Waals surface area contributed by atoms with Crippen molar-refractivity contribution in [1.82, 2.24) is 4.98 Å². The minimum absolute atomic E-state index is 1.09. The van der Waals surface area contributed by atoms with Crippen molar-refractivity contribution in [2.75, 3.05) is 0 Å². The number of nitrogens with zero attached hydrogens (tertiary/aromatic N) is 1. The van der Waals surface area contributed by atoms with Gasteiger partial charge in [0.25, 0.3) is 5.82 Å². The SMILES string of the molecule is CCCCCC[n+]1cc[nH]c1-c1ccc(Br)cc1. The highest BCUT2D eigenvalue weighted by Crippen LogP contribution is 2.17. The van der Waals surface area contributed by atoms with Gasteiger partial charge < -0.3 is 0 Å². The summed E-state index contributed by atoms with van der Waals surface area (Å²) in [6.45, 7) is 3.34. The van der Waals surface area contributed by atoms with Gasteiger partial charge in [-0.25, -0.2) is 9.55 Å². The molecule has 18 heavy (non-hydrogen) atoms. The maximum absolute atomic E-state index is 3.47. The summed E-state index contributed by atoms with van der Waals surface area (Å²) in [6.07, 6.45) is 9.32. The predicted molar refractivity (Wildman–Crippen MR) is 78.3 cm³/mol. The first-order chi connectivity index (χ1) is 8.81. The molecule has 2 aromatic rings. The van der Waals surface area contributed by atoms with Crippen LogP contribution in [-0.4, -0.2) is 4.98 Å². The van der Waals surface area contributed by atoms with Crippen LogP contribution in [0.5, 0.6) is 0 Å². The second-order valence-electron chi connectivity index (χ2n) is 4.57. The van der Waals surface area contributed by atoms with Gasteiger partial charge in [0.05, 0.1) is 12.1 Å². The topological polar surface area (TPSA) is 19.7 Å². The molecule has 0 aliphatic carbocycles. The Morgan fingerprint density at radius 1 is 1.11 bits per heavy atom. The van der Waals surface area contributed by atoms with E-state index in [0.717, 1.165) is 11.0 Å². The fraction of sp³-hybridized carbons (Fsp3) is 0.400. The molecule has 0 aliphatic heterocycles. The van der Waals surface area contributed by atoms with Gasteiger partial charge >= 0.3 is 0 Å². The number of H-pyrrole nitrogens is 1. The molecule has 0 radical (unpaired) electrons. The molecule has 3 heteroatoms. The first kappa shape index (κ1) is 13.3. The Hall–Kier alpha value is -1.09. The Morgan fingerprint density at radius 3 is 2.61 bits per heavy atom. The van der Waals surface area contributed by atoms with Crippen LogP contribution in [0.4, 0.5) is 0 Å². The van der Waals surface area contributed by atoms with Crippen molar-refractivity contribution in [3.8, 4) is 11.4 Å². The molecule has 0 amide bonds. The van der Waals surface area contributed by atoms with Crippen LogP contribution in [0, 0.1) is 0 Å². The molecule has 1 aromatic carbocycles.